The summed E-state index contributed by atoms with van der Waals surface area (Å²) in [5.74, 6) is 1.23. The number of pyridine rings is 1. The second-order valence-electron chi connectivity index (χ2n) is 3.51. The van der Waals surface area contributed by atoms with Crippen molar-refractivity contribution in [3.63, 3.8) is 0 Å². The first-order valence-corrected chi connectivity index (χ1v) is 6.26. The third-order valence-electron chi connectivity index (χ3n) is 2.19. The summed E-state index contributed by atoms with van der Waals surface area (Å²) in [6.45, 7) is 2.96. The van der Waals surface area contributed by atoms with Crippen LogP contribution in [0.25, 0.3) is 0 Å². The zero-order valence-corrected chi connectivity index (χ0v) is 10.4. The summed E-state index contributed by atoms with van der Waals surface area (Å²) in [6.07, 6.45) is 3.47. The predicted octanol–water partition coefficient (Wildman–Crippen LogP) is 3.41. The van der Waals surface area contributed by atoms with Gasteiger partial charge in [-0.15, -0.1) is 11.3 Å². The molecule has 3 nitrogen and oxygen atoms in total. The molecular weight excluding hydrogens is 242 g/mol. The molecule has 0 aliphatic carbocycles. The summed E-state index contributed by atoms with van der Waals surface area (Å²) in [6, 6.07) is 3.70. The molecule has 2 aromatic heterocycles. The molecule has 0 fully saturated rings. The van der Waals surface area contributed by atoms with Gasteiger partial charge >= 0.3 is 0 Å². The van der Waals surface area contributed by atoms with Crippen molar-refractivity contribution in [3.05, 3.63) is 39.9 Å². The van der Waals surface area contributed by atoms with Crippen LogP contribution in [0.2, 0.25) is 5.02 Å². The normalized spacial score (nSPS) is 12.4. The standard InChI is InChI=1S/C11H12ClN3S/c1-8(11-13-4-5-16-11)6-14-10-3-2-9(12)7-15-10/h2-5,7-8H,6H2,1H3,(H,14,15). The number of rotatable bonds is 4. The van der Waals surface area contributed by atoms with Crippen molar-refractivity contribution in [3.8, 4) is 0 Å². The fraction of sp³-hybridized carbons (Fsp3) is 0.273. The van der Waals surface area contributed by atoms with Gasteiger partial charge in [0, 0.05) is 30.2 Å². The number of hydrogen-bond donors (Lipinski definition) is 1. The molecule has 0 spiro atoms. The van der Waals surface area contributed by atoms with Gasteiger partial charge in [0.05, 0.1) is 10.0 Å². The first kappa shape index (κ1) is 11.4. The van der Waals surface area contributed by atoms with E-state index in [1.807, 2.05) is 23.7 Å². The molecule has 0 bridgehead atoms. The number of nitrogens with zero attached hydrogens (tertiary/aromatic N) is 2. The van der Waals surface area contributed by atoms with Gasteiger partial charge in [0.15, 0.2) is 0 Å². The summed E-state index contributed by atoms with van der Waals surface area (Å²) in [5, 5.41) is 7.04. The zero-order valence-electron chi connectivity index (χ0n) is 8.85. The van der Waals surface area contributed by atoms with E-state index in [0.29, 0.717) is 10.9 Å². The Labute approximate surface area is 104 Å². The van der Waals surface area contributed by atoms with Crippen molar-refractivity contribution < 1.29 is 0 Å². The van der Waals surface area contributed by atoms with E-state index >= 15 is 0 Å². The molecule has 0 saturated carbocycles. The van der Waals surface area contributed by atoms with E-state index in [-0.39, 0.29) is 0 Å². The summed E-state index contributed by atoms with van der Waals surface area (Å²) in [5.41, 5.74) is 0. The minimum absolute atomic E-state index is 0.387. The van der Waals surface area contributed by atoms with Crippen LogP contribution in [0.5, 0.6) is 0 Å². The van der Waals surface area contributed by atoms with Gasteiger partial charge in [-0.25, -0.2) is 9.97 Å². The third kappa shape index (κ3) is 2.93. The van der Waals surface area contributed by atoms with Gasteiger partial charge in [0.1, 0.15) is 5.82 Å². The van der Waals surface area contributed by atoms with E-state index in [2.05, 4.69) is 22.2 Å². The van der Waals surface area contributed by atoms with Gasteiger partial charge in [0.25, 0.3) is 0 Å². The SMILES string of the molecule is CC(CNc1ccc(Cl)cn1)c1nccs1. The number of anilines is 1. The molecule has 0 aliphatic rings. The summed E-state index contributed by atoms with van der Waals surface area (Å²) in [7, 11) is 0. The Morgan fingerprint density at radius 3 is 2.94 bits per heavy atom. The van der Waals surface area contributed by atoms with Gasteiger partial charge in [-0.3, -0.25) is 0 Å². The molecule has 5 heteroatoms. The van der Waals surface area contributed by atoms with Crippen molar-refractivity contribution in [2.75, 3.05) is 11.9 Å². The Kier molecular flexibility index (Phi) is 3.74. The Hall–Kier alpha value is -1.13. The van der Waals surface area contributed by atoms with Crippen LogP contribution in [-0.4, -0.2) is 16.5 Å². The van der Waals surface area contributed by atoms with Crippen LogP contribution in [0, 0.1) is 0 Å². The molecule has 16 heavy (non-hydrogen) atoms. The largest absolute Gasteiger partial charge is 0.369 e. The van der Waals surface area contributed by atoms with Crippen LogP contribution < -0.4 is 5.32 Å². The lowest BCUT2D eigenvalue weighted by atomic mass is 10.2. The van der Waals surface area contributed by atoms with Gasteiger partial charge in [-0.2, -0.15) is 0 Å². The van der Waals surface area contributed by atoms with E-state index in [1.54, 1.807) is 17.5 Å². The van der Waals surface area contributed by atoms with Crippen LogP contribution in [0.15, 0.2) is 29.9 Å². The molecular formula is C11H12ClN3S. The monoisotopic (exact) mass is 253 g/mol. The Morgan fingerprint density at radius 2 is 2.31 bits per heavy atom. The Morgan fingerprint density at radius 1 is 1.44 bits per heavy atom. The van der Waals surface area contributed by atoms with E-state index in [9.17, 15) is 0 Å². The second kappa shape index (κ2) is 5.27. The number of thiazole rings is 1. The van der Waals surface area contributed by atoms with E-state index < -0.39 is 0 Å². The van der Waals surface area contributed by atoms with Crippen LogP contribution >= 0.6 is 22.9 Å². The third-order valence-corrected chi connectivity index (χ3v) is 3.42. The zero-order chi connectivity index (χ0) is 11.4. The fourth-order valence-corrected chi connectivity index (χ4v) is 2.11. The average molecular weight is 254 g/mol. The van der Waals surface area contributed by atoms with Gasteiger partial charge < -0.3 is 5.32 Å². The summed E-state index contributed by atoms with van der Waals surface area (Å²) >= 11 is 7.43. The van der Waals surface area contributed by atoms with Crippen molar-refractivity contribution >= 4 is 28.8 Å². The van der Waals surface area contributed by atoms with E-state index in [4.69, 9.17) is 11.6 Å². The Bertz CT molecular complexity index is 427. The minimum atomic E-state index is 0.387. The lowest BCUT2D eigenvalue weighted by molar-refractivity contribution is 0.792. The lowest BCUT2D eigenvalue weighted by Gasteiger charge is -2.10. The average Bonchev–Trinajstić information content (AvgIpc) is 2.81. The maximum absolute atomic E-state index is 5.76. The van der Waals surface area contributed by atoms with Crippen LogP contribution in [0.1, 0.15) is 17.8 Å². The first-order chi connectivity index (χ1) is 7.75. The molecule has 0 saturated heterocycles. The molecule has 1 N–H and O–H groups in total. The van der Waals surface area contributed by atoms with E-state index in [0.717, 1.165) is 17.4 Å². The molecule has 0 aliphatic heterocycles. The quantitative estimate of drug-likeness (QED) is 0.908. The van der Waals surface area contributed by atoms with Gasteiger partial charge in [0.2, 0.25) is 0 Å². The molecule has 1 atom stereocenters. The molecule has 2 heterocycles. The number of halogens is 1. The highest BCUT2D eigenvalue weighted by Crippen LogP contribution is 2.18. The van der Waals surface area contributed by atoms with Crippen LogP contribution in [0.4, 0.5) is 5.82 Å². The second-order valence-corrected chi connectivity index (χ2v) is 4.88. The molecule has 0 radical (unpaired) electrons. The van der Waals surface area contributed by atoms with Crippen molar-refractivity contribution in [2.45, 2.75) is 12.8 Å². The van der Waals surface area contributed by atoms with Crippen molar-refractivity contribution in [2.24, 2.45) is 0 Å². The van der Waals surface area contributed by atoms with E-state index in [1.165, 1.54) is 0 Å². The first-order valence-electron chi connectivity index (χ1n) is 5.00. The smallest absolute Gasteiger partial charge is 0.126 e. The molecule has 0 amide bonds. The minimum Gasteiger partial charge on any atom is -0.369 e. The van der Waals surface area contributed by atoms with Crippen LogP contribution in [-0.2, 0) is 0 Å². The number of nitrogens with one attached hydrogen (secondary N) is 1. The van der Waals surface area contributed by atoms with Crippen molar-refractivity contribution in [1.29, 1.82) is 0 Å². The van der Waals surface area contributed by atoms with Gasteiger partial charge in [-0.05, 0) is 12.1 Å². The predicted molar refractivity (Wildman–Crippen MR) is 68.3 cm³/mol. The maximum Gasteiger partial charge on any atom is 0.126 e. The summed E-state index contributed by atoms with van der Waals surface area (Å²) < 4.78 is 0. The highest BCUT2D eigenvalue weighted by atomic mass is 35.5. The van der Waals surface area contributed by atoms with Gasteiger partial charge in [-0.1, -0.05) is 18.5 Å². The van der Waals surface area contributed by atoms with Crippen molar-refractivity contribution in [1.82, 2.24) is 9.97 Å². The topological polar surface area (TPSA) is 37.8 Å². The number of hydrogen-bond acceptors (Lipinski definition) is 4. The Balaban J connectivity index is 1.90. The highest BCUT2D eigenvalue weighted by Gasteiger charge is 2.07. The highest BCUT2D eigenvalue weighted by molar-refractivity contribution is 7.09. The van der Waals surface area contributed by atoms with Crippen LogP contribution in [0.3, 0.4) is 0 Å². The molecule has 0 aromatic carbocycles. The molecule has 84 valence electrons. The molecule has 2 rings (SSSR count). The maximum atomic E-state index is 5.76. The molecule has 1 unspecified atom stereocenters. The lowest BCUT2D eigenvalue weighted by Crippen LogP contribution is -2.10. The summed E-state index contributed by atoms with van der Waals surface area (Å²) in [4.78, 5) is 8.45. The number of aromatic nitrogens is 2. The fourth-order valence-electron chi connectivity index (χ4n) is 1.30. The molecule has 2 aromatic rings.